The van der Waals surface area contributed by atoms with Crippen LogP contribution in [0.1, 0.15) is 37.7 Å². The standard InChI is InChI=1S/C16H23F2NO/c1-19-15(16(20-2)8-4-3-5-9-16)11-12-10-13(17)6-7-14(12)18/h6-7,10,15,19H,3-5,8-9,11H2,1-2H3. The van der Waals surface area contributed by atoms with Crippen molar-refractivity contribution in [3.05, 3.63) is 35.4 Å². The first-order valence-corrected chi connectivity index (χ1v) is 7.27. The lowest BCUT2D eigenvalue weighted by Gasteiger charge is -2.42. The highest BCUT2D eigenvalue weighted by Crippen LogP contribution is 2.35. The minimum atomic E-state index is -0.397. The van der Waals surface area contributed by atoms with Crippen LogP contribution in [0.25, 0.3) is 0 Å². The van der Waals surface area contributed by atoms with Gasteiger partial charge >= 0.3 is 0 Å². The van der Waals surface area contributed by atoms with Gasteiger partial charge in [-0.05, 0) is 50.1 Å². The van der Waals surface area contributed by atoms with Gasteiger partial charge in [-0.15, -0.1) is 0 Å². The number of hydrogen-bond donors (Lipinski definition) is 1. The zero-order valence-corrected chi connectivity index (χ0v) is 12.2. The van der Waals surface area contributed by atoms with Crippen molar-refractivity contribution in [1.82, 2.24) is 5.32 Å². The summed E-state index contributed by atoms with van der Waals surface area (Å²) in [6.07, 6.45) is 5.83. The predicted octanol–water partition coefficient (Wildman–Crippen LogP) is 3.44. The molecule has 1 aliphatic carbocycles. The zero-order chi connectivity index (χ0) is 14.6. The Morgan fingerprint density at radius 2 is 1.95 bits per heavy atom. The second-order valence-electron chi connectivity index (χ2n) is 5.61. The Hall–Kier alpha value is -1.00. The molecule has 0 radical (unpaired) electrons. The smallest absolute Gasteiger partial charge is 0.126 e. The van der Waals surface area contributed by atoms with Crippen molar-refractivity contribution >= 4 is 0 Å². The molecule has 0 saturated heterocycles. The van der Waals surface area contributed by atoms with Crippen molar-refractivity contribution < 1.29 is 13.5 Å². The maximum atomic E-state index is 13.8. The van der Waals surface area contributed by atoms with Crippen LogP contribution in [0.5, 0.6) is 0 Å². The molecule has 1 aromatic rings. The third kappa shape index (κ3) is 3.18. The lowest BCUT2D eigenvalue weighted by atomic mass is 9.77. The quantitative estimate of drug-likeness (QED) is 0.893. The minimum Gasteiger partial charge on any atom is -0.377 e. The Kier molecular flexibility index (Phi) is 5.11. The summed E-state index contributed by atoms with van der Waals surface area (Å²) in [6.45, 7) is 0. The summed E-state index contributed by atoms with van der Waals surface area (Å²) < 4.78 is 32.9. The first kappa shape index (κ1) is 15.4. The number of benzene rings is 1. The van der Waals surface area contributed by atoms with Gasteiger partial charge in [0.05, 0.1) is 5.60 Å². The maximum absolute atomic E-state index is 13.8. The molecule has 1 atom stereocenters. The van der Waals surface area contributed by atoms with E-state index in [1.54, 1.807) is 7.11 Å². The molecular formula is C16H23F2NO. The number of halogens is 2. The highest BCUT2D eigenvalue weighted by molar-refractivity contribution is 5.21. The normalized spacial score (nSPS) is 19.8. The van der Waals surface area contributed by atoms with Crippen molar-refractivity contribution in [2.24, 2.45) is 0 Å². The summed E-state index contributed by atoms with van der Waals surface area (Å²) in [7, 11) is 3.58. The van der Waals surface area contributed by atoms with E-state index < -0.39 is 5.82 Å². The molecule has 0 bridgehead atoms. The molecule has 0 aliphatic heterocycles. The Balaban J connectivity index is 2.21. The summed E-state index contributed by atoms with van der Waals surface area (Å²) in [6, 6.07) is 3.62. The lowest BCUT2D eigenvalue weighted by molar-refractivity contribution is -0.0658. The molecule has 112 valence electrons. The Labute approximate surface area is 119 Å². The fourth-order valence-electron chi connectivity index (χ4n) is 3.32. The van der Waals surface area contributed by atoms with Gasteiger partial charge in [0.25, 0.3) is 0 Å². The monoisotopic (exact) mass is 283 g/mol. The summed E-state index contributed by atoms with van der Waals surface area (Å²) in [5.41, 5.74) is 0.137. The highest BCUT2D eigenvalue weighted by Gasteiger charge is 2.39. The molecule has 0 spiro atoms. The minimum absolute atomic E-state index is 0.0101. The molecule has 0 aromatic heterocycles. The van der Waals surface area contributed by atoms with Gasteiger partial charge in [-0.2, -0.15) is 0 Å². The second kappa shape index (κ2) is 6.64. The van der Waals surface area contributed by atoms with Crippen LogP contribution in [0.4, 0.5) is 8.78 Å². The topological polar surface area (TPSA) is 21.3 Å². The Morgan fingerprint density at radius 3 is 2.55 bits per heavy atom. The molecular weight excluding hydrogens is 260 g/mol. The second-order valence-corrected chi connectivity index (χ2v) is 5.61. The molecule has 0 amide bonds. The van der Waals surface area contributed by atoms with Crippen LogP contribution in [-0.4, -0.2) is 25.8 Å². The Bertz CT molecular complexity index is 444. The SMILES string of the molecule is CNC(Cc1cc(F)ccc1F)C1(OC)CCCCC1. The van der Waals surface area contributed by atoms with Crippen molar-refractivity contribution in [1.29, 1.82) is 0 Å². The molecule has 20 heavy (non-hydrogen) atoms. The summed E-state index contributed by atoms with van der Waals surface area (Å²) in [4.78, 5) is 0. The van der Waals surface area contributed by atoms with Crippen molar-refractivity contribution in [3.63, 3.8) is 0 Å². The molecule has 1 aromatic carbocycles. The van der Waals surface area contributed by atoms with E-state index >= 15 is 0 Å². The van der Waals surface area contributed by atoms with E-state index in [0.717, 1.165) is 31.7 Å². The van der Waals surface area contributed by atoms with Crippen LogP contribution in [0, 0.1) is 11.6 Å². The number of nitrogens with one attached hydrogen (secondary N) is 1. The van der Waals surface area contributed by atoms with Crippen LogP contribution < -0.4 is 5.32 Å². The third-order valence-corrected chi connectivity index (χ3v) is 4.52. The number of rotatable bonds is 5. The average Bonchev–Trinajstić information content (AvgIpc) is 2.48. The van der Waals surface area contributed by atoms with Gasteiger partial charge < -0.3 is 10.1 Å². The van der Waals surface area contributed by atoms with Crippen molar-refractivity contribution in [2.75, 3.05) is 14.2 Å². The van der Waals surface area contributed by atoms with E-state index in [1.807, 2.05) is 7.05 Å². The molecule has 2 rings (SSSR count). The number of methoxy groups -OCH3 is 1. The summed E-state index contributed by atoms with van der Waals surface area (Å²) >= 11 is 0. The van der Waals surface area contributed by atoms with E-state index in [9.17, 15) is 8.78 Å². The van der Waals surface area contributed by atoms with E-state index in [-0.39, 0.29) is 17.5 Å². The van der Waals surface area contributed by atoms with Gasteiger partial charge in [0.15, 0.2) is 0 Å². The summed E-state index contributed by atoms with van der Waals surface area (Å²) in [5, 5.41) is 3.24. The van der Waals surface area contributed by atoms with Gasteiger partial charge in [-0.25, -0.2) is 8.78 Å². The maximum Gasteiger partial charge on any atom is 0.126 e. The first-order valence-electron chi connectivity index (χ1n) is 7.27. The van der Waals surface area contributed by atoms with E-state index in [2.05, 4.69) is 5.32 Å². The van der Waals surface area contributed by atoms with Crippen LogP contribution in [0.3, 0.4) is 0 Å². The molecule has 1 unspecified atom stereocenters. The number of hydrogen-bond acceptors (Lipinski definition) is 2. The van der Waals surface area contributed by atoms with Crippen LogP contribution >= 0.6 is 0 Å². The van der Waals surface area contributed by atoms with Crippen molar-refractivity contribution in [3.8, 4) is 0 Å². The van der Waals surface area contributed by atoms with E-state index in [4.69, 9.17) is 4.74 Å². The van der Waals surface area contributed by atoms with Gasteiger partial charge in [0.2, 0.25) is 0 Å². The van der Waals surface area contributed by atoms with Gasteiger partial charge in [0, 0.05) is 13.2 Å². The van der Waals surface area contributed by atoms with Crippen molar-refractivity contribution in [2.45, 2.75) is 50.2 Å². The molecule has 1 aliphatic rings. The van der Waals surface area contributed by atoms with Gasteiger partial charge in [-0.3, -0.25) is 0 Å². The largest absolute Gasteiger partial charge is 0.377 e. The van der Waals surface area contributed by atoms with Crippen LogP contribution in [0.2, 0.25) is 0 Å². The molecule has 2 nitrogen and oxygen atoms in total. The molecule has 4 heteroatoms. The molecule has 0 heterocycles. The van der Waals surface area contributed by atoms with E-state index in [0.29, 0.717) is 12.0 Å². The Morgan fingerprint density at radius 1 is 1.25 bits per heavy atom. The third-order valence-electron chi connectivity index (χ3n) is 4.52. The number of ether oxygens (including phenoxy) is 1. The van der Waals surface area contributed by atoms with Gasteiger partial charge in [0.1, 0.15) is 11.6 Å². The molecule has 1 saturated carbocycles. The first-order chi connectivity index (χ1) is 9.61. The zero-order valence-electron chi connectivity index (χ0n) is 12.2. The van der Waals surface area contributed by atoms with Crippen LogP contribution in [-0.2, 0) is 11.2 Å². The van der Waals surface area contributed by atoms with Gasteiger partial charge in [-0.1, -0.05) is 19.3 Å². The lowest BCUT2D eigenvalue weighted by Crippen LogP contribution is -2.53. The fourth-order valence-corrected chi connectivity index (χ4v) is 3.32. The number of likely N-dealkylation sites (N-methyl/N-ethyl adjacent to an activating group) is 1. The van der Waals surface area contributed by atoms with Crippen LogP contribution in [0.15, 0.2) is 18.2 Å². The highest BCUT2D eigenvalue weighted by atomic mass is 19.1. The predicted molar refractivity (Wildman–Crippen MR) is 75.7 cm³/mol. The fraction of sp³-hybridized carbons (Fsp3) is 0.625. The van der Waals surface area contributed by atoms with E-state index in [1.165, 1.54) is 18.6 Å². The summed E-state index contributed by atoms with van der Waals surface area (Å²) in [5.74, 6) is -0.750. The molecule has 1 N–H and O–H groups in total. The average molecular weight is 283 g/mol. The molecule has 1 fully saturated rings.